The Bertz CT molecular complexity index is 1380. The monoisotopic (exact) mass is 505 g/mol. The van der Waals surface area contributed by atoms with Gasteiger partial charge >= 0.3 is 17.7 Å². The standard InChI is InChI=1S/C26H27N5O6/c1-5-36-21-12-11-17(13-20(21)31(34)35)23-19(14-30(29-23)18-9-7-6-8-10-18)24-22(25(32)37-15(2)3)16(4)27-26(33)28-24/h6-15,24H,5H2,1-4H3,(H2,27,28,33)/t24-/m0/s1. The zero-order valence-electron chi connectivity index (χ0n) is 20.8. The molecule has 0 saturated carbocycles. The molecule has 1 aromatic heterocycles. The van der Waals surface area contributed by atoms with Gasteiger partial charge in [-0.3, -0.25) is 10.1 Å². The molecule has 1 atom stereocenters. The second-order valence-electron chi connectivity index (χ2n) is 8.61. The molecule has 3 aromatic rings. The third-order valence-electron chi connectivity index (χ3n) is 5.63. The van der Waals surface area contributed by atoms with Crippen LogP contribution in [0.5, 0.6) is 5.75 Å². The van der Waals surface area contributed by atoms with Gasteiger partial charge in [-0.25, -0.2) is 14.3 Å². The van der Waals surface area contributed by atoms with Crippen molar-refractivity contribution in [1.82, 2.24) is 20.4 Å². The van der Waals surface area contributed by atoms with Crippen molar-refractivity contribution in [1.29, 1.82) is 0 Å². The van der Waals surface area contributed by atoms with E-state index < -0.39 is 23.0 Å². The molecule has 0 aliphatic carbocycles. The van der Waals surface area contributed by atoms with Crippen LogP contribution < -0.4 is 15.4 Å². The van der Waals surface area contributed by atoms with Crippen LogP contribution in [0.2, 0.25) is 0 Å². The van der Waals surface area contributed by atoms with E-state index in [1.54, 1.807) is 44.6 Å². The highest BCUT2D eigenvalue weighted by molar-refractivity contribution is 5.95. The number of ether oxygens (including phenoxy) is 2. The summed E-state index contributed by atoms with van der Waals surface area (Å²) in [6.45, 7) is 7.08. The first-order chi connectivity index (χ1) is 17.7. The van der Waals surface area contributed by atoms with Crippen molar-refractivity contribution < 1.29 is 24.0 Å². The molecule has 0 fully saturated rings. The number of urea groups is 1. The van der Waals surface area contributed by atoms with Crippen molar-refractivity contribution in [3.05, 3.63) is 81.7 Å². The predicted molar refractivity (Wildman–Crippen MR) is 135 cm³/mol. The summed E-state index contributed by atoms with van der Waals surface area (Å²) in [6.07, 6.45) is 1.31. The quantitative estimate of drug-likeness (QED) is 0.262. The van der Waals surface area contributed by atoms with Crippen molar-refractivity contribution in [2.45, 2.75) is 39.8 Å². The van der Waals surface area contributed by atoms with E-state index in [1.165, 1.54) is 12.1 Å². The molecule has 0 spiro atoms. The lowest BCUT2D eigenvalue weighted by Crippen LogP contribution is -2.45. The lowest BCUT2D eigenvalue weighted by atomic mass is 9.93. The number of hydrogen-bond acceptors (Lipinski definition) is 7. The molecule has 2 N–H and O–H groups in total. The smallest absolute Gasteiger partial charge is 0.338 e. The number of amides is 2. The highest BCUT2D eigenvalue weighted by atomic mass is 16.6. The molecule has 11 nitrogen and oxygen atoms in total. The molecule has 2 amide bonds. The van der Waals surface area contributed by atoms with Crippen molar-refractivity contribution in [2.75, 3.05) is 6.61 Å². The molecule has 2 aromatic carbocycles. The van der Waals surface area contributed by atoms with Crippen LogP contribution >= 0.6 is 0 Å². The number of nitro groups is 1. The third-order valence-corrected chi connectivity index (χ3v) is 5.63. The zero-order chi connectivity index (χ0) is 26.7. The zero-order valence-corrected chi connectivity index (χ0v) is 20.8. The molecule has 4 rings (SSSR count). The largest absolute Gasteiger partial charge is 0.487 e. The predicted octanol–water partition coefficient (Wildman–Crippen LogP) is 4.43. The van der Waals surface area contributed by atoms with Crippen molar-refractivity contribution >= 4 is 17.7 Å². The number of carbonyl (C=O) groups excluding carboxylic acids is 2. The molecule has 192 valence electrons. The maximum absolute atomic E-state index is 13.1. The van der Waals surface area contributed by atoms with E-state index in [2.05, 4.69) is 10.6 Å². The van der Waals surface area contributed by atoms with Gasteiger partial charge < -0.3 is 20.1 Å². The number of nitrogens with one attached hydrogen (secondary N) is 2. The van der Waals surface area contributed by atoms with Gasteiger partial charge in [0.1, 0.15) is 0 Å². The molecule has 11 heteroatoms. The molecular weight excluding hydrogens is 478 g/mol. The number of nitrogens with zero attached hydrogens (tertiary/aromatic N) is 3. The molecule has 2 heterocycles. The molecule has 0 bridgehead atoms. The third kappa shape index (κ3) is 5.30. The SMILES string of the molecule is CCOc1ccc(-c2nn(-c3ccccc3)cc2[C@@H]2NC(=O)NC(C)=C2C(=O)OC(C)C)cc1[N+](=O)[O-]. The molecule has 1 aliphatic rings. The summed E-state index contributed by atoms with van der Waals surface area (Å²) in [7, 11) is 0. The molecule has 0 unspecified atom stereocenters. The fraction of sp³-hybridized carbons (Fsp3) is 0.269. The number of carbonyl (C=O) groups is 2. The number of aromatic nitrogens is 2. The van der Waals surface area contributed by atoms with Crippen LogP contribution in [-0.4, -0.2) is 39.4 Å². The Balaban J connectivity index is 1.93. The first-order valence-electron chi connectivity index (χ1n) is 11.8. The Morgan fingerprint density at radius 2 is 1.95 bits per heavy atom. The Hall–Kier alpha value is -4.67. The van der Waals surface area contributed by atoms with Gasteiger partial charge in [-0.1, -0.05) is 18.2 Å². The minimum Gasteiger partial charge on any atom is -0.487 e. The van der Waals surface area contributed by atoms with E-state index in [1.807, 2.05) is 30.3 Å². The molecule has 0 radical (unpaired) electrons. The van der Waals surface area contributed by atoms with Crippen molar-refractivity contribution in [3.63, 3.8) is 0 Å². The Kier molecular flexibility index (Phi) is 7.23. The van der Waals surface area contributed by atoms with Crippen LogP contribution in [0.3, 0.4) is 0 Å². The fourth-order valence-electron chi connectivity index (χ4n) is 4.10. The number of para-hydroxylation sites is 1. The van der Waals surface area contributed by atoms with Crippen LogP contribution in [-0.2, 0) is 9.53 Å². The van der Waals surface area contributed by atoms with Crippen molar-refractivity contribution in [3.8, 4) is 22.7 Å². The average Bonchev–Trinajstić information content (AvgIpc) is 3.29. The van der Waals surface area contributed by atoms with Crippen LogP contribution in [0.15, 0.2) is 66.0 Å². The van der Waals surface area contributed by atoms with Gasteiger partial charge in [0.15, 0.2) is 5.75 Å². The Labute approximate surface area is 213 Å². The highest BCUT2D eigenvalue weighted by Gasteiger charge is 2.36. The van der Waals surface area contributed by atoms with Gasteiger partial charge in [-0.05, 0) is 52.0 Å². The fourth-order valence-corrected chi connectivity index (χ4v) is 4.10. The van der Waals surface area contributed by atoms with Gasteiger partial charge in [-0.15, -0.1) is 0 Å². The van der Waals surface area contributed by atoms with Crippen LogP contribution in [0.25, 0.3) is 16.9 Å². The summed E-state index contributed by atoms with van der Waals surface area (Å²) >= 11 is 0. The van der Waals surface area contributed by atoms with Gasteiger partial charge in [-0.2, -0.15) is 5.10 Å². The topological polar surface area (TPSA) is 138 Å². The van der Waals surface area contributed by atoms with Gasteiger partial charge in [0.25, 0.3) is 0 Å². The van der Waals surface area contributed by atoms with Gasteiger partial charge in [0.2, 0.25) is 0 Å². The summed E-state index contributed by atoms with van der Waals surface area (Å²) in [5.41, 5.74) is 2.29. The maximum Gasteiger partial charge on any atom is 0.338 e. The molecule has 37 heavy (non-hydrogen) atoms. The van der Waals surface area contributed by atoms with Crippen LogP contribution in [0, 0.1) is 10.1 Å². The minimum absolute atomic E-state index is 0.132. The number of esters is 1. The number of hydrogen-bond donors (Lipinski definition) is 2. The maximum atomic E-state index is 13.1. The summed E-state index contributed by atoms with van der Waals surface area (Å²) < 4.78 is 12.5. The molecular formula is C26H27N5O6. The van der Waals surface area contributed by atoms with E-state index in [4.69, 9.17) is 14.6 Å². The van der Waals surface area contributed by atoms with E-state index in [0.29, 0.717) is 22.5 Å². The normalized spacial score (nSPS) is 15.3. The van der Waals surface area contributed by atoms with Gasteiger partial charge in [0, 0.05) is 29.1 Å². The van der Waals surface area contributed by atoms with E-state index >= 15 is 0 Å². The summed E-state index contributed by atoms with van der Waals surface area (Å²) in [5, 5.41) is 21.9. The summed E-state index contributed by atoms with van der Waals surface area (Å²) in [4.78, 5) is 36.8. The Morgan fingerprint density at radius 3 is 2.59 bits per heavy atom. The molecule has 1 aliphatic heterocycles. The van der Waals surface area contributed by atoms with Crippen molar-refractivity contribution in [2.24, 2.45) is 0 Å². The minimum atomic E-state index is -0.918. The second kappa shape index (κ2) is 10.5. The number of rotatable bonds is 8. The lowest BCUT2D eigenvalue weighted by Gasteiger charge is -2.28. The average molecular weight is 506 g/mol. The van der Waals surface area contributed by atoms with E-state index in [9.17, 15) is 19.7 Å². The van der Waals surface area contributed by atoms with Crippen LogP contribution in [0.4, 0.5) is 10.5 Å². The number of benzene rings is 2. The first-order valence-corrected chi connectivity index (χ1v) is 11.8. The van der Waals surface area contributed by atoms with Gasteiger partial charge in [0.05, 0.1) is 40.6 Å². The number of allylic oxidation sites excluding steroid dienone is 1. The van der Waals surface area contributed by atoms with E-state index in [0.717, 1.165) is 5.69 Å². The van der Waals surface area contributed by atoms with Crippen LogP contribution in [0.1, 0.15) is 39.3 Å². The summed E-state index contributed by atoms with van der Waals surface area (Å²) in [5.74, 6) is -0.464. The Morgan fingerprint density at radius 1 is 1.22 bits per heavy atom. The molecule has 0 saturated heterocycles. The second-order valence-corrected chi connectivity index (χ2v) is 8.61. The lowest BCUT2D eigenvalue weighted by molar-refractivity contribution is -0.385. The first kappa shape index (κ1) is 25.4. The summed E-state index contributed by atoms with van der Waals surface area (Å²) in [6, 6.07) is 12.4. The van der Waals surface area contributed by atoms with E-state index in [-0.39, 0.29) is 29.7 Å². The highest BCUT2D eigenvalue weighted by Crippen LogP contribution is 2.38. The number of nitro benzene ring substituents is 1.